The van der Waals surface area contributed by atoms with Crippen LogP contribution in [0.15, 0.2) is 41.8 Å². The van der Waals surface area contributed by atoms with Crippen LogP contribution in [0.1, 0.15) is 27.5 Å². The maximum Gasteiger partial charge on any atom is 0.356 e. The van der Waals surface area contributed by atoms with Crippen LogP contribution in [0, 0.1) is 11.3 Å². The average molecular weight is 296 g/mol. The maximum atomic E-state index is 11.9. The third-order valence-electron chi connectivity index (χ3n) is 3.46. The lowest BCUT2D eigenvalue weighted by Gasteiger charge is -2.23. The van der Waals surface area contributed by atoms with Crippen molar-refractivity contribution in [2.75, 3.05) is 7.11 Å². The first-order valence-corrected chi connectivity index (χ1v) is 6.46. The van der Waals surface area contributed by atoms with Crippen molar-refractivity contribution in [3.05, 3.63) is 58.6 Å². The van der Waals surface area contributed by atoms with Gasteiger partial charge in [-0.3, -0.25) is 5.10 Å². The van der Waals surface area contributed by atoms with Gasteiger partial charge in [0.15, 0.2) is 5.69 Å². The van der Waals surface area contributed by atoms with E-state index >= 15 is 0 Å². The van der Waals surface area contributed by atoms with E-state index < -0.39 is 11.9 Å². The molecule has 1 atom stereocenters. The number of aromatic amines is 1. The first-order valence-electron chi connectivity index (χ1n) is 6.46. The zero-order chi connectivity index (χ0) is 15.7. The van der Waals surface area contributed by atoms with Crippen molar-refractivity contribution >= 4 is 5.97 Å². The van der Waals surface area contributed by atoms with E-state index in [-0.39, 0.29) is 23.0 Å². The van der Waals surface area contributed by atoms with Gasteiger partial charge in [0.25, 0.3) is 0 Å². The highest BCUT2D eigenvalue weighted by atomic mass is 16.5. The van der Waals surface area contributed by atoms with Gasteiger partial charge < -0.3 is 15.2 Å². The molecule has 110 valence electrons. The molecule has 1 aliphatic heterocycles. The molecule has 7 heteroatoms. The molecule has 0 radical (unpaired) electrons. The van der Waals surface area contributed by atoms with Crippen LogP contribution >= 0.6 is 0 Å². The fraction of sp³-hybridized carbons (Fsp3) is 0.133. The molecule has 0 amide bonds. The Bertz CT molecular complexity index is 802. The number of rotatable bonds is 2. The second-order valence-electron chi connectivity index (χ2n) is 4.64. The van der Waals surface area contributed by atoms with Crippen molar-refractivity contribution in [3.63, 3.8) is 0 Å². The van der Waals surface area contributed by atoms with Crippen LogP contribution in [-0.2, 0) is 4.74 Å². The van der Waals surface area contributed by atoms with Crippen molar-refractivity contribution in [1.29, 1.82) is 5.26 Å². The molecule has 0 saturated carbocycles. The predicted octanol–water partition coefficient (Wildman–Crippen LogP) is 1.41. The molecule has 1 aromatic heterocycles. The number of methoxy groups -OCH3 is 1. The Morgan fingerprint density at radius 1 is 1.45 bits per heavy atom. The molecular formula is C15H12N4O3. The molecule has 0 fully saturated rings. The van der Waals surface area contributed by atoms with E-state index in [2.05, 4.69) is 16.3 Å². The molecular weight excluding hydrogens is 284 g/mol. The average Bonchev–Trinajstić information content (AvgIpc) is 2.96. The maximum absolute atomic E-state index is 11.9. The number of nitriles is 1. The lowest BCUT2D eigenvalue weighted by Crippen LogP contribution is -2.22. The van der Waals surface area contributed by atoms with Gasteiger partial charge >= 0.3 is 5.97 Å². The van der Waals surface area contributed by atoms with Crippen molar-refractivity contribution in [1.82, 2.24) is 10.2 Å². The van der Waals surface area contributed by atoms with Crippen LogP contribution in [0.3, 0.4) is 0 Å². The smallest absolute Gasteiger partial charge is 0.356 e. The summed E-state index contributed by atoms with van der Waals surface area (Å²) in [5, 5.41) is 16.0. The Kier molecular flexibility index (Phi) is 3.27. The van der Waals surface area contributed by atoms with Gasteiger partial charge in [-0.05, 0) is 5.56 Å². The van der Waals surface area contributed by atoms with Crippen LogP contribution in [0.2, 0.25) is 0 Å². The molecule has 7 nitrogen and oxygen atoms in total. The van der Waals surface area contributed by atoms with E-state index in [0.29, 0.717) is 5.56 Å². The third-order valence-corrected chi connectivity index (χ3v) is 3.46. The van der Waals surface area contributed by atoms with Crippen LogP contribution in [-0.4, -0.2) is 23.3 Å². The molecule has 22 heavy (non-hydrogen) atoms. The molecule has 0 spiro atoms. The summed E-state index contributed by atoms with van der Waals surface area (Å²) in [5.74, 6) is -0.976. The Hall–Kier alpha value is -3.27. The minimum absolute atomic E-state index is 0.0215. The van der Waals surface area contributed by atoms with Crippen LogP contribution in [0.4, 0.5) is 0 Å². The van der Waals surface area contributed by atoms with E-state index in [1.54, 1.807) is 0 Å². The monoisotopic (exact) mass is 296 g/mol. The topological polar surface area (TPSA) is 114 Å². The Labute approximate surface area is 126 Å². The normalized spacial score (nSPS) is 16.5. The number of H-pyrrole nitrogens is 1. The van der Waals surface area contributed by atoms with Crippen molar-refractivity contribution in [3.8, 4) is 11.9 Å². The number of nitrogens with two attached hydrogens (primary N) is 1. The van der Waals surface area contributed by atoms with Gasteiger partial charge in [-0.15, -0.1) is 5.10 Å². The highest BCUT2D eigenvalue weighted by molar-refractivity contribution is 5.90. The van der Waals surface area contributed by atoms with Gasteiger partial charge in [0.05, 0.1) is 18.6 Å². The number of allylic oxidation sites excluding steroid dienone is 1. The number of nitrogens with zero attached hydrogens (tertiary/aromatic N) is 2. The second-order valence-corrected chi connectivity index (χ2v) is 4.64. The van der Waals surface area contributed by atoms with Gasteiger partial charge in [0.1, 0.15) is 11.6 Å². The summed E-state index contributed by atoms with van der Waals surface area (Å²) < 4.78 is 10.1. The summed E-state index contributed by atoms with van der Waals surface area (Å²) >= 11 is 0. The lowest BCUT2D eigenvalue weighted by atomic mass is 9.84. The van der Waals surface area contributed by atoms with Gasteiger partial charge in [-0.1, -0.05) is 30.3 Å². The molecule has 0 bridgehead atoms. The number of hydrogen-bond donors (Lipinski definition) is 2. The minimum atomic E-state index is -0.587. The van der Waals surface area contributed by atoms with Gasteiger partial charge in [-0.2, -0.15) is 5.26 Å². The second kappa shape index (κ2) is 5.26. The van der Waals surface area contributed by atoms with Crippen molar-refractivity contribution in [2.24, 2.45) is 5.73 Å². The zero-order valence-corrected chi connectivity index (χ0v) is 11.7. The molecule has 3 rings (SSSR count). The molecule has 1 aliphatic rings. The highest BCUT2D eigenvalue weighted by Crippen LogP contribution is 2.42. The Morgan fingerprint density at radius 3 is 2.82 bits per heavy atom. The summed E-state index contributed by atoms with van der Waals surface area (Å²) in [5.41, 5.74) is 7.44. The molecule has 3 N–H and O–H groups in total. The van der Waals surface area contributed by atoms with Gasteiger partial charge in [-0.25, -0.2) is 4.79 Å². The summed E-state index contributed by atoms with van der Waals surface area (Å²) in [7, 11) is 1.27. The lowest BCUT2D eigenvalue weighted by molar-refractivity contribution is 0.0592. The number of aromatic nitrogens is 2. The summed E-state index contributed by atoms with van der Waals surface area (Å²) in [6, 6.07) is 11.3. The first kappa shape index (κ1) is 13.7. The fourth-order valence-electron chi connectivity index (χ4n) is 2.48. The zero-order valence-electron chi connectivity index (χ0n) is 11.7. The SMILES string of the molecule is COC(=O)c1[nH]nc2c1C(c1ccccc1)C(C#N)=C(N)O2. The number of esters is 1. The summed E-state index contributed by atoms with van der Waals surface area (Å²) in [4.78, 5) is 11.9. The van der Waals surface area contributed by atoms with E-state index in [1.165, 1.54) is 7.11 Å². The fourth-order valence-corrected chi connectivity index (χ4v) is 2.48. The molecule has 0 saturated heterocycles. The van der Waals surface area contributed by atoms with Gasteiger partial charge in [0, 0.05) is 0 Å². The summed E-state index contributed by atoms with van der Waals surface area (Å²) in [6.07, 6.45) is 0. The number of benzene rings is 1. The predicted molar refractivity (Wildman–Crippen MR) is 75.7 cm³/mol. The highest BCUT2D eigenvalue weighted by Gasteiger charge is 2.37. The Balaban J connectivity index is 2.25. The van der Waals surface area contributed by atoms with E-state index in [4.69, 9.17) is 15.2 Å². The Morgan fingerprint density at radius 2 is 2.18 bits per heavy atom. The minimum Gasteiger partial charge on any atom is -0.464 e. The van der Waals surface area contributed by atoms with Crippen LogP contribution in [0.25, 0.3) is 0 Å². The standard InChI is InChI=1S/C15H12N4O3/c1-21-15(20)12-11-10(8-5-3-2-4-6-8)9(7-16)13(17)22-14(11)19-18-12/h2-6,10H,17H2,1H3,(H,18,19). The van der Waals surface area contributed by atoms with E-state index in [1.807, 2.05) is 30.3 Å². The number of carbonyl (C=O) groups is 1. The number of ether oxygens (including phenoxy) is 2. The molecule has 1 aromatic carbocycles. The molecule has 2 aromatic rings. The number of carbonyl (C=O) groups excluding carboxylic acids is 1. The van der Waals surface area contributed by atoms with Crippen molar-refractivity contribution in [2.45, 2.75) is 5.92 Å². The quantitative estimate of drug-likeness (QED) is 0.810. The largest absolute Gasteiger partial charge is 0.464 e. The molecule has 2 heterocycles. The van der Waals surface area contributed by atoms with Crippen molar-refractivity contribution < 1.29 is 14.3 Å². The number of nitrogens with one attached hydrogen (secondary N) is 1. The van der Waals surface area contributed by atoms with Crippen LogP contribution < -0.4 is 10.5 Å². The molecule has 0 aliphatic carbocycles. The first-order chi connectivity index (χ1) is 10.7. The number of hydrogen-bond acceptors (Lipinski definition) is 6. The third kappa shape index (κ3) is 1.98. The summed E-state index contributed by atoms with van der Waals surface area (Å²) in [6.45, 7) is 0. The van der Waals surface area contributed by atoms with E-state index in [0.717, 1.165) is 5.56 Å². The van der Waals surface area contributed by atoms with Crippen LogP contribution in [0.5, 0.6) is 5.88 Å². The number of fused-ring (bicyclic) bond motifs is 1. The van der Waals surface area contributed by atoms with E-state index in [9.17, 15) is 10.1 Å². The van der Waals surface area contributed by atoms with Gasteiger partial charge in [0.2, 0.25) is 11.8 Å². The molecule has 1 unspecified atom stereocenters.